The van der Waals surface area contributed by atoms with Gasteiger partial charge in [-0.25, -0.2) is 0 Å². The Hall–Kier alpha value is -2.13. The fourth-order valence-electron chi connectivity index (χ4n) is 3.11. The molecule has 2 aromatic carbocycles. The Morgan fingerprint density at radius 3 is 2.39 bits per heavy atom. The number of aliphatic hydroxyl groups is 1. The van der Waals surface area contributed by atoms with Gasteiger partial charge in [0.2, 0.25) is 0 Å². The van der Waals surface area contributed by atoms with E-state index in [4.69, 9.17) is 5.11 Å². The average Bonchev–Trinajstić information content (AvgIpc) is 2.61. The molecule has 3 heteroatoms. The minimum atomic E-state index is 0.00496. The lowest BCUT2D eigenvalue weighted by Gasteiger charge is -2.16. The van der Waals surface area contributed by atoms with Crippen molar-refractivity contribution in [3.63, 3.8) is 0 Å². The Bertz CT molecular complexity index is 677. The maximum Gasteiger partial charge on any atom is 0.251 e. The second kappa shape index (κ2) is 7.42. The highest BCUT2D eigenvalue weighted by molar-refractivity contribution is 5.94. The van der Waals surface area contributed by atoms with Crippen molar-refractivity contribution in [2.75, 3.05) is 6.54 Å². The summed E-state index contributed by atoms with van der Waals surface area (Å²) in [6.45, 7) is 0.684. The Balaban J connectivity index is 1.54. The summed E-state index contributed by atoms with van der Waals surface area (Å²) in [5.74, 6) is 0.00496. The van der Waals surface area contributed by atoms with Crippen LogP contribution in [0.15, 0.2) is 42.5 Å². The third-order valence-electron chi connectivity index (χ3n) is 4.52. The van der Waals surface area contributed by atoms with Gasteiger partial charge in [0.05, 0.1) is 6.61 Å². The summed E-state index contributed by atoms with van der Waals surface area (Å²) in [5.41, 5.74) is 5.57. The van der Waals surface area contributed by atoms with E-state index in [0.29, 0.717) is 6.54 Å². The molecular weight excluding hydrogens is 286 g/mol. The summed E-state index contributed by atoms with van der Waals surface area (Å²) in [6, 6.07) is 13.9. The number of nitrogens with one attached hydrogen (secondary N) is 1. The predicted octanol–water partition coefficient (Wildman–Crippen LogP) is 3.03. The molecule has 2 aromatic rings. The molecule has 0 unspecified atom stereocenters. The lowest BCUT2D eigenvalue weighted by atomic mass is 9.90. The average molecular weight is 309 g/mol. The molecule has 0 atom stereocenters. The van der Waals surface area contributed by atoms with Gasteiger partial charge in [0.25, 0.3) is 5.91 Å². The van der Waals surface area contributed by atoms with E-state index in [9.17, 15) is 4.79 Å². The second-order valence-electron chi connectivity index (χ2n) is 6.17. The van der Waals surface area contributed by atoms with E-state index in [0.717, 1.165) is 36.0 Å². The molecule has 0 saturated carbocycles. The van der Waals surface area contributed by atoms with Crippen LogP contribution in [0, 0.1) is 0 Å². The summed E-state index contributed by atoms with van der Waals surface area (Å²) in [6.07, 6.45) is 5.51. The van der Waals surface area contributed by atoms with Gasteiger partial charge < -0.3 is 10.4 Å². The lowest BCUT2D eigenvalue weighted by Crippen LogP contribution is -2.26. The van der Waals surface area contributed by atoms with Crippen LogP contribution in [-0.2, 0) is 25.9 Å². The zero-order chi connectivity index (χ0) is 16.1. The van der Waals surface area contributed by atoms with E-state index in [1.54, 1.807) is 0 Å². The number of amides is 1. The van der Waals surface area contributed by atoms with Gasteiger partial charge in [-0.2, -0.15) is 0 Å². The SMILES string of the molecule is O=C(NCCc1ccc(CO)cc1)c1ccc2c(c1)CCCC2. The van der Waals surface area contributed by atoms with Crippen molar-refractivity contribution in [2.24, 2.45) is 0 Å². The summed E-state index contributed by atoms with van der Waals surface area (Å²) in [5, 5.41) is 12.0. The third-order valence-corrected chi connectivity index (χ3v) is 4.52. The van der Waals surface area contributed by atoms with Crippen molar-refractivity contribution in [3.8, 4) is 0 Å². The first-order valence-corrected chi connectivity index (χ1v) is 8.35. The highest BCUT2D eigenvalue weighted by atomic mass is 16.3. The van der Waals surface area contributed by atoms with Gasteiger partial charge in [-0.1, -0.05) is 30.3 Å². The van der Waals surface area contributed by atoms with E-state index >= 15 is 0 Å². The molecule has 0 bridgehead atoms. The minimum absolute atomic E-state index is 0.00496. The van der Waals surface area contributed by atoms with Crippen LogP contribution in [-0.4, -0.2) is 17.6 Å². The van der Waals surface area contributed by atoms with Crippen molar-refractivity contribution in [2.45, 2.75) is 38.7 Å². The van der Waals surface area contributed by atoms with Crippen molar-refractivity contribution in [1.29, 1.82) is 0 Å². The first kappa shape index (κ1) is 15.8. The second-order valence-corrected chi connectivity index (χ2v) is 6.17. The molecule has 1 amide bonds. The van der Waals surface area contributed by atoms with Crippen LogP contribution in [0.1, 0.15) is 45.5 Å². The van der Waals surface area contributed by atoms with Gasteiger partial charge in [0.1, 0.15) is 0 Å². The molecule has 1 aliphatic carbocycles. The first-order valence-electron chi connectivity index (χ1n) is 8.35. The maximum atomic E-state index is 12.3. The molecule has 23 heavy (non-hydrogen) atoms. The number of rotatable bonds is 5. The summed E-state index contributed by atoms with van der Waals surface area (Å²) < 4.78 is 0. The number of aryl methyl sites for hydroxylation is 2. The van der Waals surface area contributed by atoms with Gasteiger partial charge in [-0.15, -0.1) is 0 Å². The summed E-state index contributed by atoms with van der Waals surface area (Å²) in [4.78, 5) is 12.3. The van der Waals surface area contributed by atoms with E-state index < -0.39 is 0 Å². The zero-order valence-electron chi connectivity index (χ0n) is 13.3. The maximum absolute atomic E-state index is 12.3. The van der Waals surface area contributed by atoms with Crippen LogP contribution in [0.4, 0.5) is 0 Å². The molecule has 3 nitrogen and oxygen atoms in total. The standard InChI is InChI=1S/C20H23NO2/c22-14-16-7-5-15(6-8-16)11-12-21-20(23)19-10-9-17-3-1-2-4-18(17)13-19/h5-10,13,22H,1-4,11-12,14H2,(H,21,23). The molecular formula is C20H23NO2. The summed E-state index contributed by atoms with van der Waals surface area (Å²) in [7, 11) is 0. The molecule has 0 aliphatic heterocycles. The first-order chi connectivity index (χ1) is 11.3. The molecule has 0 spiro atoms. The summed E-state index contributed by atoms with van der Waals surface area (Å²) >= 11 is 0. The fraction of sp³-hybridized carbons (Fsp3) is 0.350. The molecule has 0 saturated heterocycles. The number of hydrogen-bond acceptors (Lipinski definition) is 2. The molecule has 1 aliphatic rings. The molecule has 3 rings (SSSR count). The van der Waals surface area contributed by atoms with Crippen LogP contribution in [0.5, 0.6) is 0 Å². The molecule has 120 valence electrons. The Morgan fingerprint density at radius 2 is 1.65 bits per heavy atom. The number of aliphatic hydroxyl groups excluding tert-OH is 1. The minimum Gasteiger partial charge on any atom is -0.392 e. The van der Waals surface area contributed by atoms with Gasteiger partial charge in [-0.05, 0) is 66.5 Å². The number of hydrogen-bond donors (Lipinski definition) is 2. The number of carbonyl (C=O) groups is 1. The highest BCUT2D eigenvalue weighted by Crippen LogP contribution is 2.22. The number of benzene rings is 2. The van der Waals surface area contributed by atoms with Crippen molar-refractivity contribution in [1.82, 2.24) is 5.32 Å². The van der Waals surface area contributed by atoms with Crippen LogP contribution in [0.2, 0.25) is 0 Å². The monoisotopic (exact) mass is 309 g/mol. The van der Waals surface area contributed by atoms with E-state index in [1.165, 1.54) is 24.0 Å². The molecule has 0 radical (unpaired) electrons. The normalized spacial score (nSPS) is 13.4. The van der Waals surface area contributed by atoms with Gasteiger partial charge in [0, 0.05) is 12.1 Å². The van der Waals surface area contributed by atoms with Crippen LogP contribution >= 0.6 is 0 Å². The smallest absolute Gasteiger partial charge is 0.251 e. The fourth-order valence-corrected chi connectivity index (χ4v) is 3.11. The van der Waals surface area contributed by atoms with Crippen molar-refractivity contribution in [3.05, 3.63) is 70.3 Å². The van der Waals surface area contributed by atoms with E-state index in [1.807, 2.05) is 30.3 Å². The Labute approximate surface area is 137 Å². The van der Waals surface area contributed by atoms with E-state index in [-0.39, 0.29) is 12.5 Å². The Kier molecular flexibility index (Phi) is 5.09. The molecule has 0 fully saturated rings. The molecule has 2 N–H and O–H groups in total. The molecule has 0 aromatic heterocycles. The topological polar surface area (TPSA) is 49.3 Å². The quantitative estimate of drug-likeness (QED) is 0.892. The van der Waals surface area contributed by atoms with Gasteiger partial charge in [-0.3, -0.25) is 4.79 Å². The molecule has 0 heterocycles. The van der Waals surface area contributed by atoms with Crippen LogP contribution in [0.3, 0.4) is 0 Å². The van der Waals surface area contributed by atoms with Gasteiger partial charge >= 0.3 is 0 Å². The highest BCUT2D eigenvalue weighted by Gasteiger charge is 2.12. The van der Waals surface area contributed by atoms with Crippen molar-refractivity contribution >= 4 is 5.91 Å². The largest absolute Gasteiger partial charge is 0.392 e. The van der Waals surface area contributed by atoms with Crippen LogP contribution < -0.4 is 5.32 Å². The Morgan fingerprint density at radius 1 is 0.957 bits per heavy atom. The number of carbonyl (C=O) groups excluding carboxylic acids is 1. The third kappa shape index (κ3) is 3.99. The van der Waals surface area contributed by atoms with Gasteiger partial charge in [0.15, 0.2) is 0 Å². The zero-order valence-corrected chi connectivity index (χ0v) is 13.3. The van der Waals surface area contributed by atoms with Crippen molar-refractivity contribution < 1.29 is 9.90 Å². The van der Waals surface area contributed by atoms with Crippen LogP contribution in [0.25, 0.3) is 0 Å². The predicted molar refractivity (Wildman–Crippen MR) is 91.5 cm³/mol. The number of fused-ring (bicyclic) bond motifs is 1. The lowest BCUT2D eigenvalue weighted by molar-refractivity contribution is 0.0954. The van der Waals surface area contributed by atoms with E-state index in [2.05, 4.69) is 17.4 Å².